The first kappa shape index (κ1) is 17.7. The third-order valence-electron chi connectivity index (χ3n) is 4.19. The molecule has 5 heteroatoms. The van der Waals surface area contributed by atoms with Gasteiger partial charge in [0.15, 0.2) is 5.76 Å². The Hall–Kier alpha value is -2.75. The minimum Gasteiger partial charge on any atom is -0.489 e. The van der Waals surface area contributed by atoms with E-state index in [1.165, 1.54) is 0 Å². The Balaban J connectivity index is 1.54. The number of allylic oxidation sites excluding steroid dienone is 1. The Kier molecular flexibility index (Phi) is 4.88. The highest BCUT2D eigenvalue weighted by molar-refractivity contribution is 6.32. The maximum Gasteiger partial charge on any atom is 0.231 e. The van der Waals surface area contributed by atoms with Crippen LogP contribution >= 0.6 is 23.2 Å². The SMILES string of the molecule is O=C1/C(=C/c2ccccc2Cl)Oc2cc(OCc3ccccc3Cl)ccc21. The van der Waals surface area contributed by atoms with E-state index in [9.17, 15) is 4.79 Å². The Morgan fingerprint density at radius 3 is 2.44 bits per heavy atom. The van der Waals surface area contributed by atoms with Gasteiger partial charge in [-0.05, 0) is 35.9 Å². The van der Waals surface area contributed by atoms with E-state index >= 15 is 0 Å². The summed E-state index contributed by atoms with van der Waals surface area (Å²) in [5.41, 5.74) is 2.11. The van der Waals surface area contributed by atoms with Gasteiger partial charge in [-0.3, -0.25) is 4.79 Å². The Labute approximate surface area is 166 Å². The van der Waals surface area contributed by atoms with Crippen molar-refractivity contribution in [1.29, 1.82) is 0 Å². The lowest BCUT2D eigenvalue weighted by molar-refractivity contribution is 0.101. The maximum absolute atomic E-state index is 12.6. The number of Topliss-reactive ketones (excluding diaryl/α,β-unsaturated/α-hetero) is 1. The molecular formula is C22H14Cl2O3. The van der Waals surface area contributed by atoms with Crippen LogP contribution in [0.5, 0.6) is 11.5 Å². The van der Waals surface area contributed by atoms with Gasteiger partial charge in [-0.2, -0.15) is 0 Å². The highest BCUT2D eigenvalue weighted by Crippen LogP contribution is 2.35. The average molecular weight is 397 g/mol. The van der Waals surface area contributed by atoms with Gasteiger partial charge < -0.3 is 9.47 Å². The second-order valence-electron chi connectivity index (χ2n) is 6.00. The van der Waals surface area contributed by atoms with Gasteiger partial charge in [0.25, 0.3) is 0 Å². The van der Waals surface area contributed by atoms with Crippen molar-refractivity contribution in [2.24, 2.45) is 0 Å². The molecule has 0 bridgehead atoms. The molecule has 0 unspecified atom stereocenters. The first-order valence-electron chi connectivity index (χ1n) is 8.31. The summed E-state index contributed by atoms with van der Waals surface area (Å²) >= 11 is 12.3. The minimum atomic E-state index is -0.178. The molecule has 0 amide bonds. The molecule has 3 nitrogen and oxygen atoms in total. The average Bonchev–Trinajstić information content (AvgIpc) is 2.98. The van der Waals surface area contributed by atoms with Crippen molar-refractivity contribution in [1.82, 2.24) is 0 Å². The van der Waals surface area contributed by atoms with Crippen LogP contribution in [0.15, 0.2) is 72.5 Å². The Morgan fingerprint density at radius 2 is 1.67 bits per heavy atom. The summed E-state index contributed by atoms with van der Waals surface area (Å²) < 4.78 is 11.5. The summed E-state index contributed by atoms with van der Waals surface area (Å²) in [6.07, 6.45) is 1.65. The second kappa shape index (κ2) is 7.47. The summed E-state index contributed by atoms with van der Waals surface area (Å²) in [5.74, 6) is 1.12. The molecule has 134 valence electrons. The third kappa shape index (κ3) is 3.70. The molecule has 0 aromatic heterocycles. The van der Waals surface area contributed by atoms with E-state index in [0.29, 0.717) is 33.7 Å². The zero-order valence-corrected chi connectivity index (χ0v) is 15.6. The number of hydrogen-bond acceptors (Lipinski definition) is 3. The van der Waals surface area contributed by atoms with Crippen molar-refractivity contribution in [2.75, 3.05) is 0 Å². The predicted molar refractivity (Wildman–Crippen MR) is 107 cm³/mol. The normalized spacial score (nSPS) is 14.1. The summed E-state index contributed by atoms with van der Waals surface area (Å²) in [6.45, 7) is 0.328. The largest absolute Gasteiger partial charge is 0.489 e. The van der Waals surface area contributed by atoms with Gasteiger partial charge in [0, 0.05) is 21.7 Å². The molecule has 4 rings (SSSR count). The molecule has 1 aliphatic rings. The zero-order chi connectivity index (χ0) is 18.8. The Morgan fingerprint density at radius 1 is 0.926 bits per heavy atom. The van der Waals surface area contributed by atoms with E-state index in [-0.39, 0.29) is 11.5 Å². The number of rotatable bonds is 4. The van der Waals surface area contributed by atoms with Gasteiger partial charge >= 0.3 is 0 Å². The molecule has 1 heterocycles. The van der Waals surface area contributed by atoms with E-state index < -0.39 is 0 Å². The fourth-order valence-electron chi connectivity index (χ4n) is 2.77. The molecule has 0 N–H and O–H groups in total. The van der Waals surface area contributed by atoms with Gasteiger partial charge in [0.2, 0.25) is 5.78 Å². The summed E-state index contributed by atoms with van der Waals surface area (Å²) in [5, 5.41) is 1.20. The maximum atomic E-state index is 12.6. The molecule has 3 aromatic rings. The summed E-state index contributed by atoms with van der Waals surface area (Å²) in [6, 6.07) is 19.9. The van der Waals surface area contributed by atoms with E-state index in [1.54, 1.807) is 30.3 Å². The lowest BCUT2D eigenvalue weighted by atomic mass is 10.1. The Bertz CT molecular complexity index is 1060. The quantitative estimate of drug-likeness (QED) is 0.493. The van der Waals surface area contributed by atoms with Crippen LogP contribution in [0, 0.1) is 0 Å². The fourth-order valence-corrected chi connectivity index (χ4v) is 3.15. The van der Waals surface area contributed by atoms with E-state index in [4.69, 9.17) is 32.7 Å². The van der Waals surface area contributed by atoms with Gasteiger partial charge in [-0.25, -0.2) is 0 Å². The van der Waals surface area contributed by atoms with Crippen LogP contribution in [0.2, 0.25) is 10.0 Å². The van der Waals surface area contributed by atoms with Gasteiger partial charge in [-0.15, -0.1) is 0 Å². The van der Waals surface area contributed by atoms with Crippen LogP contribution in [-0.4, -0.2) is 5.78 Å². The highest BCUT2D eigenvalue weighted by Gasteiger charge is 2.28. The number of carbonyl (C=O) groups is 1. The lowest BCUT2D eigenvalue weighted by Crippen LogP contribution is -1.98. The van der Waals surface area contributed by atoms with Crippen LogP contribution in [0.4, 0.5) is 0 Å². The van der Waals surface area contributed by atoms with Crippen LogP contribution in [0.25, 0.3) is 6.08 Å². The number of carbonyl (C=O) groups excluding carboxylic acids is 1. The number of benzene rings is 3. The van der Waals surface area contributed by atoms with Gasteiger partial charge in [-0.1, -0.05) is 59.6 Å². The lowest BCUT2D eigenvalue weighted by Gasteiger charge is -2.08. The number of fused-ring (bicyclic) bond motifs is 1. The topological polar surface area (TPSA) is 35.5 Å². The molecule has 3 aromatic carbocycles. The molecule has 0 fully saturated rings. The third-order valence-corrected chi connectivity index (χ3v) is 4.90. The van der Waals surface area contributed by atoms with E-state index in [2.05, 4.69) is 0 Å². The smallest absolute Gasteiger partial charge is 0.231 e. The van der Waals surface area contributed by atoms with Crippen molar-refractivity contribution in [3.05, 3.63) is 99.2 Å². The molecule has 0 spiro atoms. The minimum absolute atomic E-state index is 0.178. The van der Waals surface area contributed by atoms with Crippen molar-refractivity contribution >= 4 is 35.1 Å². The predicted octanol–water partition coefficient (Wildman–Crippen LogP) is 6.19. The molecule has 0 saturated carbocycles. The van der Waals surface area contributed by atoms with Crippen LogP contribution in [-0.2, 0) is 6.61 Å². The van der Waals surface area contributed by atoms with E-state index in [1.807, 2.05) is 42.5 Å². The molecular weight excluding hydrogens is 383 g/mol. The van der Waals surface area contributed by atoms with Crippen molar-refractivity contribution < 1.29 is 14.3 Å². The number of halogens is 2. The van der Waals surface area contributed by atoms with Crippen molar-refractivity contribution in [3.8, 4) is 11.5 Å². The van der Waals surface area contributed by atoms with Crippen LogP contribution in [0.1, 0.15) is 21.5 Å². The number of ketones is 1. The standard InChI is InChI=1S/C22H14Cl2O3/c23-18-7-3-1-5-14(18)11-21-22(25)17-10-9-16(12-20(17)27-21)26-13-15-6-2-4-8-19(15)24/h1-12H,13H2/b21-11-. The molecule has 0 saturated heterocycles. The van der Waals surface area contributed by atoms with Gasteiger partial charge in [0.1, 0.15) is 18.1 Å². The number of hydrogen-bond donors (Lipinski definition) is 0. The summed E-state index contributed by atoms with van der Waals surface area (Å²) in [7, 11) is 0. The molecule has 27 heavy (non-hydrogen) atoms. The van der Waals surface area contributed by atoms with Crippen LogP contribution < -0.4 is 9.47 Å². The van der Waals surface area contributed by atoms with E-state index in [0.717, 1.165) is 11.1 Å². The molecule has 1 aliphatic heterocycles. The number of ether oxygens (including phenoxy) is 2. The first-order valence-corrected chi connectivity index (χ1v) is 9.06. The van der Waals surface area contributed by atoms with Gasteiger partial charge in [0.05, 0.1) is 5.56 Å². The monoisotopic (exact) mass is 396 g/mol. The zero-order valence-electron chi connectivity index (χ0n) is 14.1. The second-order valence-corrected chi connectivity index (χ2v) is 6.81. The summed E-state index contributed by atoms with van der Waals surface area (Å²) in [4.78, 5) is 12.6. The fraction of sp³-hybridized carbons (Fsp3) is 0.0455. The van der Waals surface area contributed by atoms with Crippen molar-refractivity contribution in [2.45, 2.75) is 6.61 Å². The van der Waals surface area contributed by atoms with Crippen molar-refractivity contribution in [3.63, 3.8) is 0 Å². The molecule has 0 radical (unpaired) electrons. The first-order chi connectivity index (χ1) is 13.1. The molecule has 0 aliphatic carbocycles. The van der Waals surface area contributed by atoms with Crippen LogP contribution in [0.3, 0.4) is 0 Å². The highest BCUT2D eigenvalue weighted by atomic mass is 35.5. The molecule has 0 atom stereocenters.